The Kier molecular flexibility index (Phi) is 30.1. The zero-order chi connectivity index (χ0) is 93.3. The molecule has 3 fully saturated rings. The molecule has 8 heterocycles. The molecule has 15 rings (SSSR count). The van der Waals surface area contributed by atoms with Crippen LogP contribution in [0.5, 0.6) is 11.5 Å². The largest absolute Gasteiger partial charge is 0.494 e. The Bertz CT molecular complexity index is 6520. The summed E-state index contributed by atoms with van der Waals surface area (Å²) in [6.45, 7) is 13.0. The Morgan fingerprint density at radius 1 is 0.492 bits per heavy atom. The predicted octanol–water partition coefficient (Wildman–Crippen LogP) is 16.9. The number of sulfone groups is 2. The Morgan fingerprint density at radius 2 is 0.900 bits per heavy atom. The summed E-state index contributed by atoms with van der Waals surface area (Å²) in [5, 5.41) is 47.6. The molecule has 3 aliphatic rings. The summed E-state index contributed by atoms with van der Waals surface area (Å²) in [6, 6.07) is 40.4. The molecule has 3 saturated carbocycles. The van der Waals surface area contributed by atoms with E-state index in [1.807, 2.05) is 77.1 Å². The van der Waals surface area contributed by atoms with Gasteiger partial charge >= 0.3 is 12.1 Å². The monoisotopic (exact) mass is 1800 g/mol. The summed E-state index contributed by atoms with van der Waals surface area (Å²) in [5.74, 6) is 3.29. The van der Waals surface area contributed by atoms with Gasteiger partial charge in [0.25, 0.3) is 0 Å². The number of ether oxygens (including phenoxy) is 2. The normalized spacial score (nSPS) is 12.8. The molecular formula is C92H100FN23O12S2. The SMILES string of the molecule is CC(C)(C)c1ccc(Nc2cc(Nc3ccccc3S(C)(=O)=O)c(C(=O)C3CC3)cn2)nc1F.CCC(=O)c1cnc(NC(=O)NC(C)C)cc1Nc1cccc(-c2ncn(C)n2)c1OC.CCC(=O)c1cnc(NC(=O)NC2CCC2)cc1Nc1cccc(-c2ncn(C)n2)c1OC.CS(=O)(=O)c1ccccc1Nc1cc(Nc2cccc(C#N)n2)ncc1C(=O)C1CC1. The van der Waals surface area contributed by atoms with Gasteiger partial charge in [-0.1, -0.05) is 83.1 Å². The van der Waals surface area contributed by atoms with Gasteiger partial charge in [-0.05, 0) is 131 Å². The van der Waals surface area contributed by atoms with Crippen LogP contribution in [0.3, 0.4) is 0 Å². The van der Waals surface area contributed by atoms with E-state index in [0.29, 0.717) is 150 Å². The average Bonchev–Trinajstić information content (AvgIpc) is 1.61. The van der Waals surface area contributed by atoms with Gasteiger partial charge in [-0.3, -0.25) is 39.2 Å². The molecule has 0 spiro atoms. The lowest BCUT2D eigenvalue weighted by Gasteiger charge is -2.26. The summed E-state index contributed by atoms with van der Waals surface area (Å²) in [5.41, 5.74) is 7.21. The molecule has 0 unspecified atom stereocenters. The first-order valence-electron chi connectivity index (χ1n) is 41.7. The highest BCUT2D eigenvalue weighted by Gasteiger charge is 2.35. The number of halogens is 1. The predicted molar refractivity (Wildman–Crippen MR) is 494 cm³/mol. The zero-order valence-corrected chi connectivity index (χ0v) is 75.5. The van der Waals surface area contributed by atoms with Gasteiger partial charge < -0.3 is 52.0 Å². The number of hydrogen-bond acceptors (Lipinski definition) is 29. The molecule has 0 radical (unpaired) electrons. The second-order valence-electron chi connectivity index (χ2n) is 32.1. The van der Waals surface area contributed by atoms with Gasteiger partial charge in [0.05, 0.1) is 103 Å². The van der Waals surface area contributed by atoms with E-state index in [1.54, 1.807) is 155 Å². The summed E-state index contributed by atoms with van der Waals surface area (Å²) < 4.78 is 77.9. The number of para-hydroxylation sites is 4. The van der Waals surface area contributed by atoms with Crippen LogP contribution in [0.15, 0.2) is 187 Å². The number of urea groups is 2. The van der Waals surface area contributed by atoms with Crippen molar-refractivity contribution < 1.29 is 59.5 Å². The van der Waals surface area contributed by atoms with Gasteiger partial charge in [0.2, 0.25) is 5.95 Å². The molecule has 35 nitrogen and oxygen atoms in total. The standard InChI is InChI=1S/C25H27FN4O3S.C23H27N7O3.C22H27N7O3.C22H19N5O3S/c1-25(2,3)17-11-12-21(30-24(17)26)29-22-13-19(16(14-27-22)23(31)15-9-10-15)28-18-7-5-6-8-20(18)34(4,32)33;1-4-19(31)16-12-24-20(28-23(32)26-14-7-5-8-14)11-18(16)27-17-10-6-9-15(21(17)33-3)22-25-13-30(2)29-22;1-6-18(30)15-11-23-19(27-22(31)25-13(2)3)10-17(15)26-16-9-7-8-14(20(16)32-5)21-24-12-29(4)28-21;1-31(29,30)19-7-3-2-6-17(19)26-18-11-21(24-13-16(18)22(28)14-9-10-14)27-20-8-4-5-15(12-23)25-20/h5-8,11-15H,9-10H2,1-4H3,(H2,27,28,29,30);6,9-14H,4-5,7-8H2,1-3H3,(H3,24,26,27,28,32);7-13H,6H2,1-5H3,(H3,23,25,26,27,31);2-8,11,13-14H,9-10H2,1H3,(H2,24,25,26,27). The number of methoxy groups -OCH3 is 2. The third-order valence-corrected chi connectivity index (χ3v) is 22.7. The number of carbonyl (C=O) groups is 6. The minimum Gasteiger partial charge on any atom is -0.494 e. The molecule has 3 aliphatic carbocycles. The van der Waals surface area contributed by atoms with Gasteiger partial charge in [0, 0.05) is 118 Å². The highest BCUT2D eigenvalue weighted by atomic mass is 32.2. The minimum absolute atomic E-state index is 0.0250. The number of nitriles is 1. The van der Waals surface area contributed by atoms with Crippen molar-refractivity contribution in [3.8, 4) is 40.3 Å². The molecule has 0 saturated heterocycles. The Labute approximate surface area is 751 Å². The molecule has 0 atom stereocenters. The van der Waals surface area contributed by atoms with E-state index in [2.05, 4.69) is 103 Å². The van der Waals surface area contributed by atoms with Crippen molar-refractivity contribution in [2.24, 2.45) is 25.9 Å². The van der Waals surface area contributed by atoms with Crippen LogP contribution >= 0.6 is 0 Å². The van der Waals surface area contributed by atoms with Gasteiger partial charge in [-0.15, -0.1) is 0 Å². The molecule has 12 aromatic rings. The van der Waals surface area contributed by atoms with E-state index < -0.39 is 25.6 Å². The molecule has 674 valence electrons. The van der Waals surface area contributed by atoms with Crippen molar-refractivity contribution >= 4 is 135 Å². The van der Waals surface area contributed by atoms with Crippen LogP contribution in [0.1, 0.15) is 159 Å². The molecule has 38 heteroatoms. The van der Waals surface area contributed by atoms with Crippen LogP contribution in [-0.2, 0) is 39.2 Å². The maximum absolute atomic E-state index is 14.6. The van der Waals surface area contributed by atoms with Crippen LogP contribution in [-0.4, -0.2) is 150 Å². The fraction of sp³-hybridized carbons (Fsp3) is 0.293. The van der Waals surface area contributed by atoms with Crippen molar-refractivity contribution in [3.05, 3.63) is 216 Å². The number of carbonyl (C=O) groups excluding carboxylic acids is 6. The van der Waals surface area contributed by atoms with Crippen LogP contribution in [0.25, 0.3) is 22.8 Å². The Balaban J connectivity index is 0.000000157. The number of aryl methyl sites for hydroxylation is 2. The third-order valence-electron chi connectivity index (χ3n) is 20.4. The minimum atomic E-state index is -3.50. The van der Waals surface area contributed by atoms with Crippen LogP contribution in [0, 0.1) is 29.1 Å². The number of nitrogens with zero attached hydrogens (tertiary/aromatic N) is 13. The van der Waals surface area contributed by atoms with Crippen LogP contribution in [0.2, 0.25) is 0 Å². The number of aromatic nitrogens is 12. The molecule has 4 amide bonds. The van der Waals surface area contributed by atoms with Crippen molar-refractivity contribution in [2.75, 3.05) is 69.3 Å². The number of pyridine rings is 6. The lowest BCUT2D eigenvalue weighted by molar-refractivity contribution is 0.0960. The number of benzene rings is 4. The highest BCUT2D eigenvalue weighted by molar-refractivity contribution is 7.91. The molecule has 0 aliphatic heterocycles. The lowest BCUT2D eigenvalue weighted by Crippen LogP contribution is -2.42. The number of ketones is 4. The van der Waals surface area contributed by atoms with E-state index in [0.717, 1.165) is 57.5 Å². The van der Waals surface area contributed by atoms with Crippen LogP contribution < -0.4 is 62.6 Å². The first-order valence-corrected chi connectivity index (χ1v) is 45.5. The quantitative estimate of drug-likeness (QED) is 0.0148. The molecule has 8 aromatic heterocycles. The van der Waals surface area contributed by atoms with E-state index in [4.69, 9.17) is 14.7 Å². The molecular weight excluding hydrogens is 1700 g/mol. The maximum atomic E-state index is 14.6. The number of amides is 4. The number of anilines is 14. The molecule has 10 N–H and O–H groups in total. The second-order valence-corrected chi connectivity index (χ2v) is 36.1. The smallest absolute Gasteiger partial charge is 0.320 e. The van der Waals surface area contributed by atoms with E-state index >= 15 is 0 Å². The van der Waals surface area contributed by atoms with Gasteiger partial charge in [-0.2, -0.15) is 19.8 Å². The maximum Gasteiger partial charge on any atom is 0.320 e. The fourth-order valence-electron chi connectivity index (χ4n) is 13.4. The number of Topliss-reactive ketones (excluding diaryl/α,β-unsaturated/α-hetero) is 4. The third kappa shape index (κ3) is 24.6. The van der Waals surface area contributed by atoms with Crippen molar-refractivity contribution in [1.29, 1.82) is 5.26 Å². The van der Waals surface area contributed by atoms with Gasteiger partial charge in [0.15, 0.2) is 66.0 Å². The number of rotatable bonds is 30. The first-order chi connectivity index (χ1) is 62.1. The number of hydrogen-bond donors (Lipinski definition) is 10. The lowest BCUT2D eigenvalue weighted by atomic mass is 9.88. The highest BCUT2D eigenvalue weighted by Crippen LogP contribution is 2.43. The van der Waals surface area contributed by atoms with E-state index in [1.165, 1.54) is 36.9 Å². The summed E-state index contributed by atoms with van der Waals surface area (Å²) in [7, 11) is -0.277. The van der Waals surface area contributed by atoms with Crippen LogP contribution in [0.4, 0.5) is 94.4 Å². The molecule has 130 heavy (non-hydrogen) atoms. The second kappa shape index (κ2) is 41.6. The summed E-state index contributed by atoms with van der Waals surface area (Å²) >= 11 is 0. The Morgan fingerprint density at radius 3 is 1.29 bits per heavy atom. The van der Waals surface area contributed by atoms with Gasteiger partial charge in [-0.25, -0.2) is 66.3 Å². The van der Waals surface area contributed by atoms with E-state index in [9.17, 15) is 50.0 Å². The van der Waals surface area contributed by atoms with Crippen molar-refractivity contribution in [3.63, 3.8) is 0 Å². The van der Waals surface area contributed by atoms with Gasteiger partial charge in [0.1, 0.15) is 59.3 Å². The van der Waals surface area contributed by atoms with E-state index in [-0.39, 0.29) is 85.8 Å². The fourth-order valence-corrected chi connectivity index (χ4v) is 15.1. The topological polar surface area (TPSA) is 472 Å². The average molecular weight is 1800 g/mol. The molecule has 4 aromatic carbocycles. The van der Waals surface area contributed by atoms with Crippen molar-refractivity contribution in [2.45, 2.75) is 134 Å². The molecule has 0 bridgehead atoms. The summed E-state index contributed by atoms with van der Waals surface area (Å²) in [6.07, 6.45) is 18.4. The zero-order valence-electron chi connectivity index (χ0n) is 73.8. The van der Waals surface area contributed by atoms with Crippen molar-refractivity contribution in [1.82, 2.24) is 70.1 Å². The number of nitrogens with one attached hydrogen (secondary N) is 10. The summed E-state index contributed by atoms with van der Waals surface area (Å²) in [4.78, 5) is 109. The Hall–Kier alpha value is -15.0. The first kappa shape index (κ1) is 94.1.